The summed E-state index contributed by atoms with van der Waals surface area (Å²) >= 11 is 0. The van der Waals surface area contributed by atoms with Crippen LogP contribution in [0.5, 0.6) is 0 Å². The number of allylic oxidation sites excluding steroid dienone is 1. The molecule has 0 saturated heterocycles. The molecule has 0 bridgehead atoms. The molecule has 0 aliphatic heterocycles. The van der Waals surface area contributed by atoms with Crippen LogP contribution >= 0.6 is 0 Å². The normalized spacial score (nSPS) is 19.3. The molecule has 0 heterocycles. The zero-order valence-electron chi connectivity index (χ0n) is 12.9. The van der Waals surface area contributed by atoms with Crippen LogP contribution in [0.1, 0.15) is 23.5 Å². The summed E-state index contributed by atoms with van der Waals surface area (Å²) in [5, 5.41) is 0. The quantitative estimate of drug-likeness (QED) is 0.632. The van der Waals surface area contributed by atoms with Gasteiger partial charge in [-0.25, -0.2) is 0 Å². The molecule has 0 aromatic heterocycles. The van der Waals surface area contributed by atoms with Crippen LogP contribution in [0.15, 0.2) is 79.0 Å². The molecular formula is C20H20N2O. The van der Waals surface area contributed by atoms with Crippen LogP contribution in [0, 0.1) is 5.92 Å². The number of rotatable bonds is 6. The van der Waals surface area contributed by atoms with E-state index in [-0.39, 0.29) is 11.8 Å². The minimum atomic E-state index is 0.0214. The second-order valence-corrected chi connectivity index (χ2v) is 5.74. The van der Waals surface area contributed by atoms with Crippen LogP contribution < -0.4 is 10.9 Å². The van der Waals surface area contributed by atoms with Gasteiger partial charge in [0.1, 0.15) is 0 Å². The van der Waals surface area contributed by atoms with Crippen molar-refractivity contribution >= 4 is 12.0 Å². The third-order valence-corrected chi connectivity index (χ3v) is 3.98. The smallest absolute Gasteiger partial charge is 0.242 e. The summed E-state index contributed by atoms with van der Waals surface area (Å²) in [4.78, 5) is 12.1. The first-order chi connectivity index (χ1) is 11.2. The molecular weight excluding hydrogens is 284 g/mol. The van der Waals surface area contributed by atoms with E-state index in [9.17, 15) is 4.79 Å². The fraction of sp³-hybridized carbons (Fsp3) is 0.150. The molecule has 1 aliphatic carbocycles. The minimum Gasteiger partial charge on any atom is -0.299 e. The Morgan fingerprint density at radius 1 is 1.00 bits per heavy atom. The van der Waals surface area contributed by atoms with E-state index in [1.54, 1.807) is 0 Å². The van der Waals surface area contributed by atoms with Gasteiger partial charge in [0.15, 0.2) is 0 Å². The summed E-state index contributed by atoms with van der Waals surface area (Å²) in [5.74, 6) is 0.412. The van der Waals surface area contributed by atoms with Crippen LogP contribution in [-0.4, -0.2) is 5.91 Å². The van der Waals surface area contributed by atoms with Crippen LogP contribution in [0.2, 0.25) is 0 Å². The highest BCUT2D eigenvalue weighted by atomic mass is 16.2. The number of hydrogen-bond acceptors (Lipinski definition) is 2. The maximum Gasteiger partial charge on any atom is 0.242 e. The summed E-state index contributed by atoms with van der Waals surface area (Å²) in [6, 6.07) is 20.1. The van der Waals surface area contributed by atoms with Crippen LogP contribution in [0.4, 0.5) is 0 Å². The number of carbonyl (C=O) groups is 1. The molecule has 0 spiro atoms. The predicted octanol–water partition coefficient (Wildman–Crippen LogP) is 3.64. The zero-order valence-corrected chi connectivity index (χ0v) is 12.9. The Labute approximate surface area is 136 Å². The molecule has 3 rings (SSSR count). The first kappa shape index (κ1) is 15.1. The van der Waals surface area contributed by atoms with Crippen LogP contribution in [0.25, 0.3) is 6.08 Å². The lowest BCUT2D eigenvalue weighted by Crippen LogP contribution is -2.37. The number of hydrazine groups is 1. The van der Waals surface area contributed by atoms with Crippen molar-refractivity contribution in [1.82, 2.24) is 10.9 Å². The summed E-state index contributed by atoms with van der Waals surface area (Å²) in [7, 11) is 0. The van der Waals surface area contributed by atoms with Gasteiger partial charge in [-0.1, -0.05) is 73.3 Å². The van der Waals surface area contributed by atoms with Gasteiger partial charge in [0.2, 0.25) is 5.91 Å². The third kappa shape index (κ3) is 4.10. The maximum absolute atomic E-state index is 12.1. The first-order valence-electron chi connectivity index (χ1n) is 7.77. The fourth-order valence-electron chi connectivity index (χ4n) is 2.59. The average molecular weight is 304 g/mol. The number of amides is 1. The molecule has 3 nitrogen and oxygen atoms in total. The molecule has 2 aromatic carbocycles. The van der Waals surface area contributed by atoms with Gasteiger partial charge in [-0.2, -0.15) is 0 Å². The molecule has 1 fully saturated rings. The van der Waals surface area contributed by atoms with Gasteiger partial charge in [-0.3, -0.25) is 15.6 Å². The molecule has 2 aromatic rings. The van der Waals surface area contributed by atoms with Crippen molar-refractivity contribution in [2.75, 3.05) is 0 Å². The zero-order chi connectivity index (χ0) is 16.1. The van der Waals surface area contributed by atoms with Crippen molar-refractivity contribution in [2.24, 2.45) is 5.92 Å². The van der Waals surface area contributed by atoms with Crippen LogP contribution in [-0.2, 0) is 4.79 Å². The molecule has 116 valence electrons. The van der Waals surface area contributed by atoms with E-state index in [1.807, 2.05) is 60.7 Å². The number of carbonyl (C=O) groups excluding carboxylic acids is 1. The second-order valence-electron chi connectivity index (χ2n) is 5.74. The Kier molecular flexibility index (Phi) is 4.57. The SMILES string of the molecule is C=C(C=Cc1ccccc1)NNC(=O)[C@@H]1C[C@H]1c1ccccc1. The summed E-state index contributed by atoms with van der Waals surface area (Å²) in [5.41, 5.74) is 8.58. The van der Waals surface area contributed by atoms with E-state index in [2.05, 4.69) is 29.6 Å². The van der Waals surface area contributed by atoms with Crippen molar-refractivity contribution in [3.63, 3.8) is 0 Å². The lowest BCUT2D eigenvalue weighted by atomic mass is 10.1. The highest BCUT2D eigenvalue weighted by Crippen LogP contribution is 2.47. The molecule has 1 saturated carbocycles. The Hall–Kier alpha value is -2.81. The Morgan fingerprint density at radius 3 is 2.35 bits per heavy atom. The van der Waals surface area contributed by atoms with Crippen LogP contribution in [0.3, 0.4) is 0 Å². The van der Waals surface area contributed by atoms with Crippen molar-refractivity contribution in [3.05, 3.63) is 90.1 Å². The molecule has 2 N–H and O–H groups in total. The van der Waals surface area contributed by atoms with Gasteiger partial charge in [0.25, 0.3) is 0 Å². The molecule has 23 heavy (non-hydrogen) atoms. The van der Waals surface area contributed by atoms with E-state index < -0.39 is 0 Å². The first-order valence-corrected chi connectivity index (χ1v) is 7.77. The van der Waals surface area contributed by atoms with Crippen molar-refractivity contribution in [2.45, 2.75) is 12.3 Å². The molecule has 1 aliphatic rings. The van der Waals surface area contributed by atoms with Crippen molar-refractivity contribution in [1.29, 1.82) is 0 Å². The van der Waals surface area contributed by atoms with Crippen molar-refractivity contribution in [3.8, 4) is 0 Å². The summed E-state index contributed by atoms with van der Waals surface area (Å²) in [6.45, 7) is 3.89. The van der Waals surface area contributed by atoms with E-state index in [4.69, 9.17) is 0 Å². The Bertz CT molecular complexity index is 707. The van der Waals surface area contributed by atoms with Gasteiger partial charge in [0, 0.05) is 11.6 Å². The number of hydrogen-bond donors (Lipinski definition) is 2. The minimum absolute atomic E-state index is 0.0214. The van der Waals surface area contributed by atoms with Gasteiger partial charge in [0.05, 0.1) is 0 Å². The fourth-order valence-corrected chi connectivity index (χ4v) is 2.59. The molecule has 3 heteroatoms. The summed E-state index contributed by atoms with van der Waals surface area (Å²) in [6.07, 6.45) is 4.70. The Balaban J connectivity index is 1.45. The lowest BCUT2D eigenvalue weighted by Gasteiger charge is -2.08. The van der Waals surface area contributed by atoms with Gasteiger partial charge in [-0.15, -0.1) is 0 Å². The van der Waals surface area contributed by atoms with Gasteiger partial charge in [-0.05, 0) is 29.5 Å². The standard InChI is InChI=1S/C20H20N2O/c1-15(12-13-16-8-4-2-5-9-16)21-22-20(23)19-14-18(19)17-10-6-3-7-11-17/h2-13,18-19,21H,1,14H2,(H,22,23)/t18-,19+/m0/s1. The molecule has 0 unspecified atom stereocenters. The monoisotopic (exact) mass is 304 g/mol. The Morgan fingerprint density at radius 2 is 1.65 bits per heavy atom. The summed E-state index contributed by atoms with van der Waals surface area (Å²) < 4.78 is 0. The molecule has 2 atom stereocenters. The van der Waals surface area contributed by atoms with E-state index in [0.717, 1.165) is 12.0 Å². The highest BCUT2D eigenvalue weighted by Gasteiger charge is 2.43. The lowest BCUT2D eigenvalue weighted by molar-refractivity contribution is -0.123. The van der Waals surface area contributed by atoms with Crippen molar-refractivity contribution < 1.29 is 4.79 Å². The predicted molar refractivity (Wildman–Crippen MR) is 93.2 cm³/mol. The number of benzene rings is 2. The van der Waals surface area contributed by atoms with E-state index >= 15 is 0 Å². The van der Waals surface area contributed by atoms with Gasteiger partial charge < -0.3 is 0 Å². The molecule has 1 amide bonds. The highest BCUT2D eigenvalue weighted by molar-refractivity contribution is 5.82. The third-order valence-electron chi connectivity index (χ3n) is 3.98. The number of nitrogens with one attached hydrogen (secondary N) is 2. The topological polar surface area (TPSA) is 41.1 Å². The second kappa shape index (κ2) is 6.97. The molecule has 0 radical (unpaired) electrons. The average Bonchev–Trinajstić information content (AvgIpc) is 3.40. The largest absolute Gasteiger partial charge is 0.299 e. The van der Waals surface area contributed by atoms with E-state index in [0.29, 0.717) is 11.6 Å². The van der Waals surface area contributed by atoms with E-state index in [1.165, 1.54) is 5.56 Å². The maximum atomic E-state index is 12.1. The van der Waals surface area contributed by atoms with Gasteiger partial charge >= 0.3 is 0 Å².